The Balaban J connectivity index is 2.47. The first kappa shape index (κ1) is 14.4. The topological polar surface area (TPSA) is 104 Å². The van der Waals surface area contributed by atoms with Gasteiger partial charge in [0.1, 0.15) is 0 Å². The number of aromatic carboxylic acids is 1. The standard InChI is InChI=1S/C14H12N2O5/c1-2-11(17)15-9-5-8(14(20)21)6-10(7-9)16-12(18)3-4-13(16)19/h2,5-7H,1,3-4H2,(H,15,17)(H,20,21). The van der Waals surface area contributed by atoms with Crippen molar-refractivity contribution in [3.63, 3.8) is 0 Å². The summed E-state index contributed by atoms with van der Waals surface area (Å²) in [7, 11) is 0. The average molecular weight is 288 g/mol. The highest BCUT2D eigenvalue weighted by molar-refractivity contribution is 6.20. The zero-order chi connectivity index (χ0) is 15.6. The summed E-state index contributed by atoms with van der Waals surface area (Å²) in [6.07, 6.45) is 1.20. The molecule has 0 radical (unpaired) electrons. The van der Waals surface area contributed by atoms with Crippen molar-refractivity contribution in [2.75, 3.05) is 10.2 Å². The molecule has 108 valence electrons. The van der Waals surface area contributed by atoms with Gasteiger partial charge in [0.25, 0.3) is 0 Å². The number of anilines is 2. The van der Waals surface area contributed by atoms with Crippen LogP contribution in [-0.2, 0) is 14.4 Å². The Labute approximate surface area is 119 Å². The number of carbonyl (C=O) groups is 4. The number of rotatable bonds is 4. The van der Waals surface area contributed by atoms with E-state index in [1.54, 1.807) is 0 Å². The van der Waals surface area contributed by atoms with Crippen molar-refractivity contribution in [2.24, 2.45) is 0 Å². The molecule has 7 nitrogen and oxygen atoms in total. The molecule has 1 aliphatic heterocycles. The predicted molar refractivity (Wildman–Crippen MR) is 74.0 cm³/mol. The van der Waals surface area contributed by atoms with Gasteiger partial charge in [-0.3, -0.25) is 19.3 Å². The number of carboxylic acids is 1. The molecule has 1 fully saturated rings. The molecule has 0 atom stereocenters. The Morgan fingerprint density at radius 2 is 1.81 bits per heavy atom. The molecule has 1 aromatic carbocycles. The molecule has 2 N–H and O–H groups in total. The fraction of sp³-hybridized carbons (Fsp3) is 0.143. The first-order valence-corrected chi connectivity index (χ1v) is 6.10. The molecule has 1 saturated heterocycles. The maximum Gasteiger partial charge on any atom is 0.335 e. The molecule has 1 aromatic rings. The number of nitrogens with one attached hydrogen (secondary N) is 1. The summed E-state index contributed by atoms with van der Waals surface area (Å²) in [4.78, 5) is 46.8. The van der Waals surface area contributed by atoms with Crippen LogP contribution in [0.3, 0.4) is 0 Å². The Bertz CT molecular complexity index is 649. The monoisotopic (exact) mass is 288 g/mol. The van der Waals surface area contributed by atoms with Gasteiger partial charge in [-0.25, -0.2) is 4.79 Å². The van der Waals surface area contributed by atoms with Crippen LogP contribution in [0.25, 0.3) is 0 Å². The Morgan fingerprint density at radius 3 is 2.33 bits per heavy atom. The molecule has 1 aliphatic rings. The molecule has 0 unspecified atom stereocenters. The Kier molecular flexibility index (Phi) is 3.84. The molecule has 3 amide bonds. The van der Waals surface area contributed by atoms with Crippen LogP contribution in [0.4, 0.5) is 11.4 Å². The lowest BCUT2D eigenvalue weighted by molar-refractivity contribution is -0.121. The van der Waals surface area contributed by atoms with Crippen molar-refractivity contribution >= 4 is 35.1 Å². The van der Waals surface area contributed by atoms with Crippen molar-refractivity contribution in [1.82, 2.24) is 0 Å². The van der Waals surface area contributed by atoms with Crippen LogP contribution < -0.4 is 10.2 Å². The van der Waals surface area contributed by atoms with Crippen LogP contribution in [0.2, 0.25) is 0 Å². The second-order valence-corrected chi connectivity index (χ2v) is 4.39. The number of carbonyl (C=O) groups excluding carboxylic acids is 3. The molecule has 1 heterocycles. The van der Waals surface area contributed by atoms with Crippen LogP contribution in [0.1, 0.15) is 23.2 Å². The van der Waals surface area contributed by atoms with Crippen molar-refractivity contribution < 1.29 is 24.3 Å². The molecule has 0 spiro atoms. The number of imide groups is 1. The van der Waals surface area contributed by atoms with E-state index in [9.17, 15) is 19.2 Å². The van der Waals surface area contributed by atoms with E-state index in [0.29, 0.717) is 0 Å². The van der Waals surface area contributed by atoms with Gasteiger partial charge in [-0.2, -0.15) is 0 Å². The molecule has 0 saturated carbocycles. The van der Waals surface area contributed by atoms with E-state index in [0.717, 1.165) is 11.0 Å². The van der Waals surface area contributed by atoms with Gasteiger partial charge in [0, 0.05) is 18.5 Å². The lowest BCUT2D eigenvalue weighted by Gasteiger charge is -2.16. The summed E-state index contributed by atoms with van der Waals surface area (Å²) in [6, 6.07) is 3.82. The van der Waals surface area contributed by atoms with E-state index < -0.39 is 23.7 Å². The summed E-state index contributed by atoms with van der Waals surface area (Å²) in [6.45, 7) is 3.29. The lowest BCUT2D eigenvalue weighted by atomic mass is 10.1. The van der Waals surface area contributed by atoms with E-state index in [4.69, 9.17) is 5.11 Å². The van der Waals surface area contributed by atoms with Gasteiger partial charge >= 0.3 is 5.97 Å². The van der Waals surface area contributed by atoms with Crippen molar-refractivity contribution in [3.8, 4) is 0 Å². The third-order valence-corrected chi connectivity index (χ3v) is 2.93. The molecule has 0 aliphatic carbocycles. The number of carboxylic acid groups (broad SMARTS) is 1. The minimum Gasteiger partial charge on any atom is -0.478 e. The van der Waals surface area contributed by atoms with Gasteiger partial charge in [-0.1, -0.05) is 6.58 Å². The molecule has 0 aromatic heterocycles. The van der Waals surface area contributed by atoms with Gasteiger partial charge in [-0.15, -0.1) is 0 Å². The predicted octanol–water partition coefficient (Wildman–Crippen LogP) is 1.16. The van der Waals surface area contributed by atoms with Crippen LogP contribution in [0, 0.1) is 0 Å². The van der Waals surface area contributed by atoms with E-state index >= 15 is 0 Å². The normalized spacial score (nSPS) is 14.2. The van der Waals surface area contributed by atoms with Gasteiger partial charge in [0.2, 0.25) is 17.7 Å². The maximum atomic E-state index is 11.7. The van der Waals surface area contributed by atoms with Gasteiger partial charge < -0.3 is 10.4 Å². The molecule has 7 heteroatoms. The zero-order valence-corrected chi connectivity index (χ0v) is 11.0. The molecule has 21 heavy (non-hydrogen) atoms. The number of nitrogens with zero attached hydrogens (tertiary/aromatic N) is 1. The number of benzene rings is 1. The fourth-order valence-corrected chi connectivity index (χ4v) is 1.99. The largest absolute Gasteiger partial charge is 0.478 e. The van der Waals surface area contributed by atoms with Gasteiger partial charge in [0.15, 0.2) is 0 Å². The second-order valence-electron chi connectivity index (χ2n) is 4.39. The quantitative estimate of drug-likeness (QED) is 0.639. The maximum absolute atomic E-state index is 11.7. The summed E-state index contributed by atoms with van der Waals surface area (Å²) >= 11 is 0. The Hall–Kier alpha value is -2.96. The first-order chi connectivity index (χ1) is 9.92. The summed E-state index contributed by atoms with van der Waals surface area (Å²) < 4.78 is 0. The minimum absolute atomic E-state index is 0.0878. The highest BCUT2D eigenvalue weighted by Crippen LogP contribution is 2.27. The van der Waals surface area contributed by atoms with E-state index in [-0.39, 0.29) is 29.8 Å². The zero-order valence-electron chi connectivity index (χ0n) is 11.0. The second kappa shape index (κ2) is 5.58. The fourth-order valence-electron chi connectivity index (χ4n) is 1.99. The summed E-state index contributed by atoms with van der Waals surface area (Å²) in [5.74, 6) is -2.56. The van der Waals surface area contributed by atoms with Gasteiger partial charge in [-0.05, 0) is 24.3 Å². The minimum atomic E-state index is -1.23. The van der Waals surface area contributed by atoms with Crippen LogP contribution >= 0.6 is 0 Å². The molecular weight excluding hydrogens is 276 g/mol. The Morgan fingerprint density at radius 1 is 1.19 bits per heavy atom. The van der Waals surface area contributed by atoms with Crippen LogP contribution in [-0.4, -0.2) is 28.8 Å². The van der Waals surface area contributed by atoms with E-state index in [1.165, 1.54) is 18.2 Å². The van der Waals surface area contributed by atoms with Crippen molar-refractivity contribution in [2.45, 2.75) is 12.8 Å². The molecule has 0 bridgehead atoms. The highest BCUT2D eigenvalue weighted by Gasteiger charge is 2.31. The van der Waals surface area contributed by atoms with Crippen molar-refractivity contribution in [1.29, 1.82) is 0 Å². The number of hydrogen-bond acceptors (Lipinski definition) is 4. The first-order valence-electron chi connectivity index (χ1n) is 6.10. The smallest absolute Gasteiger partial charge is 0.335 e. The third kappa shape index (κ3) is 2.97. The highest BCUT2D eigenvalue weighted by atomic mass is 16.4. The average Bonchev–Trinajstić information content (AvgIpc) is 2.77. The number of hydrogen-bond donors (Lipinski definition) is 2. The molecule has 2 rings (SSSR count). The summed E-state index contributed by atoms with van der Waals surface area (Å²) in [5, 5.41) is 11.5. The van der Waals surface area contributed by atoms with Gasteiger partial charge in [0.05, 0.1) is 11.3 Å². The lowest BCUT2D eigenvalue weighted by Crippen LogP contribution is -2.29. The van der Waals surface area contributed by atoms with Crippen LogP contribution in [0.5, 0.6) is 0 Å². The number of amides is 3. The SMILES string of the molecule is C=CC(=O)Nc1cc(C(=O)O)cc(N2C(=O)CCC2=O)c1. The van der Waals surface area contributed by atoms with Crippen molar-refractivity contribution in [3.05, 3.63) is 36.4 Å². The van der Waals surface area contributed by atoms with E-state index in [1.807, 2.05) is 0 Å². The summed E-state index contributed by atoms with van der Waals surface area (Å²) in [5.41, 5.74) is 0.156. The third-order valence-electron chi connectivity index (χ3n) is 2.93. The van der Waals surface area contributed by atoms with Crippen LogP contribution in [0.15, 0.2) is 30.9 Å². The van der Waals surface area contributed by atoms with E-state index in [2.05, 4.69) is 11.9 Å². The molecular formula is C14H12N2O5.